The van der Waals surface area contributed by atoms with E-state index in [0.717, 1.165) is 23.0 Å². The van der Waals surface area contributed by atoms with Crippen molar-refractivity contribution in [1.82, 2.24) is 19.2 Å². The van der Waals surface area contributed by atoms with Crippen LogP contribution in [0.15, 0.2) is 95.1 Å². The van der Waals surface area contributed by atoms with E-state index in [1.807, 2.05) is 66.7 Å². The van der Waals surface area contributed by atoms with E-state index < -0.39 is 0 Å². The minimum Gasteiger partial charge on any atom is -0.250 e. The summed E-state index contributed by atoms with van der Waals surface area (Å²) in [6.45, 7) is 0.536. The molecule has 0 fully saturated rings. The molecule has 1 N–H and O–H groups in total. The number of aryl methyl sites for hydroxylation is 2. The van der Waals surface area contributed by atoms with E-state index in [-0.39, 0.29) is 5.56 Å². The predicted molar refractivity (Wildman–Crippen MR) is 138 cm³/mol. The van der Waals surface area contributed by atoms with Gasteiger partial charge in [-0.2, -0.15) is 0 Å². The Morgan fingerprint density at radius 1 is 0.943 bits per heavy atom. The van der Waals surface area contributed by atoms with Crippen LogP contribution in [-0.2, 0) is 13.0 Å². The summed E-state index contributed by atoms with van der Waals surface area (Å²) in [6, 6.07) is 25.1. The van der Waals surface area contributed by atoms with E-state index in [1.165, 1.54) is 5.56 Å². The summed E-state index contributed by atoms with van der Waals surface area (Å²) in [7, 11) is 0. The summed E-state index contributed by atoms with van der Waals surface area (Å²) >= 11 is 6.13. The minimum atomic E-state index is -0.138. The molecule has 6 rings (SSSR count). The summed E-state index contributed by atoms with van der Waals surface area (Å²) in [5.74, 6) is 0. The van der Waals surface area contributed by atoms with Crippen molar-refractivity contribution in [1.29, 1.82) is 0 Å². The lowest BCUT2D eigenvalue weighted by molar-refractivity contribution is -0.357. The molecule has 7 nitrogen and oxygen atoms in total. The Hall–Kier alpha value is -4.36. The number of hydrogen-bond donors (Lipinski definition) is 0. The fraction of sp³-hybridized carbons (Fsp3) is 0.0741. The van der Waals surface area contributed by atoms with Gasteiger partial charge in [-0.3, -0.25) is 0 Å². The Morgan fingerprint density at radius 3 is 2.51 bits per heavy atom. The summed E-state index contributed by atoms with van der Waals surface area (Å²) in [5.41, 5.74) is 4.86. The number of rotatable bonds is 5. The number of benzene rings is 3. The van der Waals surface area contributed by atoms with Gasteiger partial charge in [0.05, 0.1) is 23.8 Å². The van der Waals surface area contributed by atoms with Gasteiger partial charge in [0.25, 0.3) is 5.65 Å². The van der Waals surface area contributed by atoms with Crippen molar-refractivity contribution in [3.05, 3.63) is 112 Å². The van der Waals surface area contributed by atoms with Crippen LogP contribution in [0, 0.1) is 0 Å². The van der Waals surface area contributed by atoms with E-state index >= 15 is 0 Å². The summed E-state index contributed by atoms with van der Waals surface area (Å²) in [4.78, 5) is 26.5. The van der Waals surface area contributed by atoms with Crippen LogP contribution in [0.25, 0.3) is 33.2 Å². The van der Waals surface area contributed by atoms with Crippen LogP contribution in [-0.4, -0.2) is 25.4 Å². The molecule has 170 valence electrons. The molecule has 0 radical (unpaired) electrons. The third kappa shape index (κ3) is 3.96. The third-order valence-electron chi connectivity index (χ3n) is 5.93. The molecule has 35 heavy (non-hydrogen) atoms. The Balaban J connectivity index is 1.54. The molecule has 0 saturated heterocycles. The molecule has 0 saturated carbocycles. The molecule has 3 aromatic carbocycles. The van der Waals surface area contributed by atoms with Gasteiger partial charge in [0, 0.05) is 11.4 Å². The zero-order chi connectivity index (χ0) is 23.8. The monoisotopic (exact) mass is 479 g/mol. The van der Waals surface area contributed by atoms with Crippen LogP contribution < -0.4 is 10.5 Å². The van der Waals surface area contributed by atoms with Crippen molar-refractivity contribution in [2.45, 2.75) is 13.0 Å². The number of nitrogens with one attached hydrogen (secondary N) is 1. The molecule has 8 heteroatoms. The number of nitrogens with zero attached hydrogens (tertiary/aromatic N) is 5. The zero-order valence-corrected chi connectivity index (χ0v) is 19.4. The molecule has 0 spiro atoms. The molecule has 0 unspecified atom stereocenters. The lowest BCUT2D eigenvalue weighted by atomic mass is 10.1. The molecule has 0 aliphatic rings. The Morgan fingerprint density at radius 2 is 1.71 bits per heavy atom. The SMILES string of the molecule is O=c1c2c3nc4ccccc4nc3n(/N=C/c3cccc(Cl)c3)c2[nH+]cn1CCc1ccccc1. The fourth-order valence-corrected chi connectivity index (χ4v) is 4.39. The first-order valence-corrected chi connectivity index (χ1v) is 11.6. The van der Waals surface area contributed by atoms with E-state index in [0.29, 0.717) is 33.8 Å². The molecule has 3 heterocycles. The Bertz CT molecular complexity index is 1790. The maximum Gasteiger partial charge on any atom is 0.322 e. The molecule has 0 aliphatic heterocycles. The van der Waals surface area contributed by atoms with Crippen LogP contribution >= 0.6 is 11.6 Å². The number of halogens is 1. The number of aromatic amines is 1. The van der Waals surface area contributed by atoms with Crippen LogP contribution in [0.4, 0.5) is 0 Å². The van der Waals surface area contributed by atoms with Gasteiger partial charge in [-0.25, -0.2) is 24.3 Å². The minimum absolute atomic E-state index is 0.138. The van der Waals surface area contributed by atoms with Gasteiger partial charge >= 0.3 is 5.56 Å². The highest BCUT2D eigenvalue weighted by Crippen LogP contribution is 2.24. The fourth-order valence-electron chi connectivity index (χ4n) is 4.19. The molecule has 0 amide bonds. The summed E-state index contributed by atoms with van der Waals surface area (Å²) < 4.78 is 3.31. The average Bonchev–Trinajstić information content (AvgIpc) is 3.19. The van der Waals surface area contributed by atoms with Gasteiger partial charge in [0.15, 0.2) is 11.7 Å². The number of aromatic nitrogens is 5. The molecule has 0 atom stereocenters. The topological polar surface area (TPSA) is 79.2 Å². The van der Waals surface area contributed by atoms with Crippen molar-refractivity contribution >= 4 is 51.0 Å². The van der Waals surface area contributed by atoms with Gasteiger partial charge in [-0.05, 0) is 35.4 Å². The Labute approximate surface area is 205 Å². The van der Waals surface area contributed by atoms with Crippen LogP contribution in [0.3, 0.4) is 0 Å². The number of para-hydroxylation sites is 2. The lowest BCUT2D eigenvalue weighted by Gasteiger charge is -2.02. The van der Waals surface area contributed by atoms with Crippen molar-refractivity contribution < 1.29 is 4.98 Å². The predicted octanol–water partition coefficient (Wildman–Crippen LogP) is 4.49. The second kappa shape index (κ2) is 8.77. The first kappa shape index (κ1) is 21.2. The average molecular weight is 480 g/mol. The van der Waals surface area contributed by atoms with Gasteiger partial charge in [0.2, 0.25) is 5.65 Å². The van der Waals surface area contributed by atoms with E-state index in [9.17, 15) is 4.79 Å². The van der Waals surface area contributed by atoms with Crippen molar-refractivity contribution in [2.24, 2.45) is 5.10 Å². The lowest BCUT2D eigenvalue weighted by Crippen LogP contribution is -2.27. The molecule has 0 bridgehead atoms. The van der Waals surface area contributed by atoms with Crippen molar-refractivity contribution in [3.8, 4) is 0 Å². The highest BCUT2D eigenvalue weighted by atomic mass is 35.5. The first-order chi connectivity index (χ1) is 17.2. The second-order valence-corrected chi connectivity index (χ2v) is 8.66. The molecular weight excluding hydrogens is 460 g/mol. The number of fused-ring (bicyclic) bond motifs is 4. The van der Waals surface area contributed by atoms with Gasteiger partial charge in [-0.1, -0.05) is 66.2 Å². The van der Waals surface area contributed by atoms with E-state index in [1.54, 1.807) is 21.8 Å². The van der Waals surface area contributed by atoms with E-state index in [2.05, 4.69) is 22.2 Å². The zero-order valence-electron chi connectivity index (χ0n) is 18.6. The second-order valence-electron chi connectivity index (χ2n) is 8.23. The Kier molecular flexibility index (Phi) is 5.31. The van der Waals surface area contributed by atoms with Crippen LogP contribution in [0.1, 0.15) is 11.1 Å². The van der Waals surface area contributed by atoms with Crippen molar-refractivity contribution in [2.75, 3.05) is 0 Å². The highest BCUT2D eigenvalue weighted by molar-refractivity contribution is 6.30. The molecular formula is C27H20ClN6O+. The molecule has 3 aromatic heterocycles. The summed E-state index contributed by atoms with van der Waals surface area (Å²) in [5, 5.41) is 5.73. The summed E-state index contributed by atoms with van der Waals surface area (Å²) in [6.07, 6.45) is 4.12. The standard InChI is InChI=1S/C27H19ClN6O/c28-20-10-6-9-19(15-20)16-30-34-25-23(24-26(34)32-22-12-5-4-11-21(22)31-24)27(35)33(17-29-25)14-13-18-7-2-1-3-8-18/h1-12,15-17H,13-14H2/p+1/b30-16+. The van der Waals surface area contributed by atoms with Gasteiger partial charge < -0.3 is 0 Å². The van der Waals surface area contributed by atoms with Gasteiger partial charge in [-0.15, -0.1) is 9.78 Å². The van der Waals surface area contributed by atoms with Gasteiger partial charge in [0.1, 0.15) is 5.52 Å². The van der Waals surface area contributed by atoms with Crippen LogP contribution in [0.2, 0.25) is 5.02 Å². The molecule has 6 aromatic rings. The third-order valence-corrected chi connectivity index (χ3v) is 6.16. The largest absolute Gasteiger partial charge is 0.322 e. The smallest absolute Gasteiger partial charge is 0.250 e. The first-order valence-electron chi connectivity index (χ1n) is 11.2. The molecule has 0 aliphatic carbocycles. The maximum absolute atomic E-state index is 13.6. The normalized spacial score (nSPS) is 11.8. The quantitative estimate of drug-likeness (QED) is 0.342. The maximum atomic E-state index is 13.6. The van der Waals surface area contributed by atoms with Crippen LogP contribution in [0.5, 0.6) is 0 Å². The van der Waals surface area contributed by atoms with Crippen molar-refractivity contribution in [3.63, 3.8) is 0 Å². The van der Waals surface area contributed by atoms with E-state index in [4.69, 9.17) is 21.6 Å². The highest BCUT2D eigenvalue weighted by Gasteiger charge is 2.24. The number of H-pyrrole nitrogens is 1. The number of hydrogen-bond acceptors (Lipinski definition) is 4.